The Morgan fingerprint density at radius 3 is 2.61 bits per heavy atom. The molecule has 0 aromatic heterocycles. The molecule has 0 amide bonds. The summed E-state index contributed by atoms with van der Waals surface area (Å²) in [5.74, 6) is -0.0589. The molecule has 0 spiro atoms. The van der Waals surface area contributed by atoms with Crippen LogP contribution in [0.2, 0.25) is 0 Å². The summed E-state index contributed by atoms with van der Waals surface area (Å²) >= 11 is 0. The summed E-state index contributed by atoms with van der Waals surface area (Å²) in [5.41, 5.74) is 0.878. The molecule has 98 valence electrons. The van der Waals surface area contributed by atoms with Crippen molar-refractivity contribution < 1.29 is 9.18 Å². The van der Waals surface area contributed by atoms with Crippen LogP contribution in [0.4, 0.5) is 4.39 Å². The molecule has 1 aromatic carbocycles. The maximum atomic E-state index is 12.8. The fourth-order valence-corrected chi connectivity index (χ4v) is 2.28. The van der Waals surface area contributed by atoms with Crippen LogP contribution < -0.4 is 0 Å². The van der Waals surface area contributed by atoms with Crippen molar-refractivity contribution in [2.24, 2.45) is 0 Å². The van der Waals surface area contributed by atoms with Crippen molar-refractivity contribution in [3.8, 4) is 0 Å². The molecule has 1 unspecified atom stereocenters. The van der Waals surface area contributed by atoms with Gasteiger partial charge in [-0.05, 0) is 31.8 Å². The molecule has 1 fully saturated rings. The van der Waals surface area contributed by atoms with E-state index in [2.05, 4.69) is 9.80 Å². The lowest BCUT2D eigenvalue weighted by atomic mass is 10.0. The van der Waals surface area contributed by atoms with E-state index in [4.69, 9.17) is 0 Å². The maximum absolute atomic E-state index is 12.8. The number of hydrogen-bond donors (Lipinski definition) is 0. The van der Waals surface area contributed by atoms with Crippen LogP contribution in [0, 0.1) is 5.82 Å². The van der Waals surface area contributed by atoms with Crippen LogP contribution in [-0.2, 0) is 11.2 Å². The van der Waals surface area contributed by atoms with E-state index in [0.29, 0.717) is 6.42 Å². The molecule has 0 radical (unpaired) electrons. The maximum Gasteiger partial charge on any atom is 0.155 e. The van der Waals surface area contributed by atoms with Crippen molar-refractivity contribution in [3.63, 3.8) is 0 Å². The molecule has 0 saturated carbocycles. The summed E-state index contributed by atoms with van der Waals surface area (Å²) in [5, 5.41) is 0. The molecule has 3 nitrogen and oxygen atoms in total. The van der Waals surface area contributed by atoms with Gasteiger partial charge in [-0.2, -0.15) is 0 Å². The third kappa shape index (κ3) is 3.15. The highest BCUT2D eigenvalue weighted by Crippen LogP contribution is 2.11. The van der Waals surface area contributed by atoms with Crippen molar-refractivity contribution >= 4 is 5.78 Å². The van der Waals surface area contributed by atoms with Gasteiger partial charge in [-0.25, -0.2) is 4.39 Å². The second-order valence-corrected chi connectivity index (χ2v) is 5.03. The van der Waals surface area contributed by atoms with Crippen molar-refractivity contribution in [1.82, 2.24) is 9.80 Å². The lowest BCUT2D eigenvalue weighted by Crippen LogP contribution is -2.53. The Morgan fingerprint density at radius 2 is 1.94 bits per heavy atom. The quantitative estimate of drug-likeness (QED) is 0.805. The zero-order valence-corrected chi connectivity index (χ0v) is 10.9. The van der Waals surface area contributed by atoms with Gasteiger partial charge in [-0.15, -0.1) is 0 Å². The van der Waals surface area contributed by atoms with Crippen LogP contribution in [0.5, 0.6) is 0 Å². The third-order valence-electron chi connectivity index (χ3n) is 3.51. The van der Waals surface area contributed by atoms with Gasteiger partial charge in [0.2, 0.25) is 0 Å². The molecule has 0 bridgehead atoms. The molecule has 2 rings (SSSR count). The lowest BCUT2D eigenvalue weighted by Gasteiger charge is -2.36. The Kier molecular flexibility index (Phi) is 4.09. The number of piperazine rings is 1. The van der Waals surface area contributed by atoms with E-state index < -0.39 is 0 Å². The first-order chi connectivity index (χ1) is 8.56. The molecular formula is C14H19FN2O. The summed E-state index contributed by atoms with van der Waals surface area (Å²) in [6.07, 6.45) is 0.378. The summed E-state index contributed by atoms with van der Waals surface area (Å²) in [4.78, 5) is 16.5. The van der Waals surface area contributed by atoms with Gasteiger partial charge in [-0.3, -0.25) is 9.69 Å². The molecule has 0 aliphatic carbocycles. The minimum absolute atomic E-state index is 0.0474. The van der Waals surface area contributed by atoms with Crippen molar-refractivity contribution in [2.45, 2.75) is 12.5 Å². The largest absolute Gasteiger partial charge is 0.303 e. The molecule has 4 heteroatoms. The monoisotopic (exact) mass is 250 g/mol. The van der Waals surface area contributed by atoms with Gasteiger partial charge in [0.1, 0.15) is 5.82 Å². The van der Waals surface area contributed by atoms with Crippen molar-refractivity contribution in [1.29, 1.82) is 0 Å². The van der Waals surface area contributed by atoms with Crippen LogP contribution in [0.1, 0.15) is 5.56 Å². The molecular weight excluding hydrogens is 231 g/mol. The van der Waals surface area contributed by atoms with Gasteiger partial charge in [0.25, 0.3) is 0 Å². The number of carbonyl (C=O) groups excluding carboxylic acids is 1. The smallest absolute Gasteiger partial charge is 0.155 e. The fraction of sp³-hybridized carbons (Fsp3) is 0.500. The number of rotatable bonds is 3. The molecule has 1 heterocycles. The van der Waals surface area contributed by atoms with Gasteiger partial charge in [0.05, 0.1) is 6.04 Å². The van der Waals surface area contributed by atoms with Gasteiger partial charge >= 0.3 is 0 Å². The number of hydrogen-bond acceptors (Lipinski definition) is 3. The average molecular weight is 250 g/mol. The van der Waals surface area contributed by atoms with Crippen molar-refractivity contribution in [3.05, 3.63) is 35.6 Å². The minimum atomic E-state index is -0.263. The van der Waals surface area contributed by atoms with Crippen LogP contribution in [0.25, 0.3) is 0 Å². The minimum Gasteiger partial charge on any atom is -0.303 e. The molecule has 0 N–H and O–H groups in total. The normalized spacial score (nSPS) is 22.1. The van der Waals surface area contributed by atoms with Crippen LogP contribution in [-0.4, -0.2) is 55.4 Å². The molecule has 1 aliphatic heterocycles. The Morgan fingerprint density at radius 1 is 1.28 bits per heavy atom. The van der Waals surface area contributed by atoms with Crippen LogP contribution >= 0.6 is 0 Å². The van der Waals surface area contributed by atoms with Crippen LogP contribution in [0.15, 0.2) is 24.3 Å². The summed E-state index contributed by atoms with van der Waals surface area (Å²) < 4.78 is 12.8. The molecule has 1 aromatic rings. The summed E-state index contributed by atoms with van der Waals surface area (Å²) in [6.45, 7) is 2.68. The third-order valence-corrected chi connectivity index (χ3v) is 3.51. The van der Waals surface area contributed by atoms with E-state index >= 15 is 0 Å². The van der Waals surface area contributed by atoms with E-state index in [1.54, 1.807) is 12.1 Å². The zero-order valence-electron chi connectivity index (χ0n) is 10.9. The Labute approximate surface area is 107 Å². The number of nitrogens with zero attached hydrogens (tertiary/aromatic N) is 2. The Balaban J connectivity index is 2.00. The number of benzene rings is 1. The molecule has 1 atom stereocenters. The predicted molar refractivity (Wildman–Crippen MR) is 69.0 cm³/mol. The van der Waals surface area contributed by atoms with E-state index in [-0.39, 0.29) is 17.6 Å². The average Bonchev–Trinajstić information content (AvgIpc) is 2.35. The van der Waals surface area contributed by atoms with E-state index in [0.717, 1.165) is 25.2 Å². The first-order valence-electron chi connectivity index (χ1n) is 6.22. The van der Waals surface area contributed by atoms with Gasteiger partial charge in [0, 0.05) is 26.1 Å². The number of carbonyl (C=O) groups is 1. The number of ketones is 1. The topological polar surface area (TPSA) is 23.6 Å². The highest BCUT2D eigenvalue weighted by atomic mass is 19.1. The lowest BCUT2D eigenvalue weighted by molar-refractivity contribution is -0.125. The van der Waals surface area contributed by atoms with Gasteiger partial charge in [0.15, 0.2) is 5.78 Å². The standard InChI is InChI=1S/C14H19FN2O/c1-16-7-8-17(2)13(10-16)14(18)9-11-3-5-12(15)6-4-11/h3-6,13H,7-10H2,1-2H3. The van der Waals surface area contributed by atoms with Crippen LogP contribution in [0.3, 0.4) is 0 Å². The molecule has 1 saturated heterocycles. The van der Waals surface area contributed by atoms with Crippen molar-refractivity contribution in [2.75, 3.05) is 33.7 Å². The van der Waals surface area contributed by atoms with E-state index in [1.165, 1.54) is 12.1 Å². The van der Waals surface area contributed by atoms with E-state index in [9.17, 15) is 9.18 Å². The predicted octanol–water partition coefficient (Wildman–Crippen LogP) is 1.18. The number of Topliss-reactive ketones (excluding diaryl/α,β-unsaturated/α-hetero) is 1. The first-order valence-corrected chi connectivity index (χ1v) is 6.22. The number of likely N-dealkylation sites (N-methyl/N-ethyl adjacent to an activating group) is 2. The Hall–Kier alpha value is -1.26. The van der Waals surface area contributed by atoms with Gasteiger partial charge in [-0.1, -0.05) is 12.1 Å². The molecule has 18 heavy (non-hydrogen) atoms. The second kappa shape index (κ2) is 5.59. The zero-order chi connectivity index (χ0) is 13.1. The fourth-order valence-electron chi connectivity index (χ4n) is 2.28. The van der Waals surface area contributed by atoms with Gasteiger partial charge < -0.3 is 4.90 Å². The molecule has 1 aliphatic rings. The summed E-state index contributed by atoms with van der Waals surface area (Å²) in [6, 6.07) is 6.12. The SMILES string of the molecule is CN1CCN(C)C(C(=O)Cc2ccc(F)cc2)C1. The Bertz CT molecular complexity index is 418. The summed E-state index contributed by atoms with van der Waals surface area (Å²) in [7, 11) is 4.02. The highest BCUT2D eigenvalue weighted by molar-refractivity contribution is 5.86. The second-order valence-electron chi connectivity index (χ2n) is 5.03. The first kappa shape index (κ1) is 13.2. The highest BCUT2D eigenvalue weighted by Gasteiger charge is 2.27. The number of halogens is 1. The van der Waals surface area contributed by atoms with E-state index in [1.807, 2.05) is 14.1 Å².